The van der Waals surface area contributed by atoms with Crippen LogP contribution in [0.4, 0.5) is 0 Å². The van der Waals surface area contributed by atoms with Gasteiger partial charge < -0.3 is 30.1 Å². The topological polar surface area (TPSA) is 142 Å². The minimum absolute atomic E-state index is 0.113. The number of hydrogen-bond acceptors (Lipinski definition) is 8. The maximum absolute atomic E-state index is 12.8. The van der Waals surface area contributed by atoms with E-state index in [0.29, 0.717) is 56.8 Å². The Labute approximate surface area is 265 Å². The molecular formula is C35H61NO8. The lowest BCUT2D eigenvalue weighted by Gasteiger charge is -2.23. The van der Waals surface area contributed by atoms with Gasteiger partial charge in [-0.15, -0.1) is 0 Å². The number of ketones is 1. The summed E-state index contributed by atoms with van der Waals surface area (Å²) in [6.07, 6.45) is 10.9. The van der Waals surface area contributed by atoms with E-state index in [9.17, 15) is 29.7 Å². The smallest absolute Gasteiger partial charge is 0.309 e. The lowest BCUT2D eigenvalue weighted by Crippen LogP contribution is -2.43. The van der Waals surface area contributed by atoms with Crippen molar-refractivity contribution < 1.29 is 39.2 Å². The van der Waals surface area contributed by atoms with Crippen molar-refractivity contribution >= 4 is 17.7 Å². The Morgan fingerprint density at radius 3 is 2.34 bits per heavy atom. The van der Waals surface area contributed by atoms with Crippen LogP contribution in [0.15, 0.2) is 23.8 Å². The highest BCUT2D eigenvalue weighted by atomic mass is 16.5. The van der Waals surface area contributed by atoms with Crippen molar-refractivity contribution in [2.45, 2.75) is 142 Å². The van der Waals surface area contributed by atoms with Gasteiger partial charge in [0.1, 0.15) is 5.78 Å². The van der Waals surface area contributed by atoms with Gasteiger partial charge in [0.05, 0.1) is 30.8 Å². The fraction of sp³-hybridized carbons (Fsp3) is 0.800. The zero-order valence-electron chi connectivity index (χ0n) is 28.0. The van der Waals surface area contributed by atoms with Crippen molar-refractivity contribution in [1.29, 1.82) is 0 Å². The largest absolute Gasteiger partial charge is 0.452 e. The Hall–Kier alpha value is -2.07. The van der Waals surface area contributed by atoms with Crippen molar-refractivity contribution in [2.24, 2.45) is 17.8 Å². The van der Waals surface area contributed by atoms with Crippen LogP contribution in [0.5, 0.6) is 0 Å². The number of cyclic esters (lactones) is 1. The first-order valence-electron chi connectivity index (χ1n) is 16.9. The van der Waals surface area contributed by atoms with Gasteiger partial charge >= 0.3 is 5.97 Å². The van der Waals surface area contributed by atoms with Crippen LogP contribution < -0.4 is 5.32 Å². The molecule has 0 aromatic carbocycles. The average molecular weight is 624 g/mol. The molecule has 4 N–H and O–H groups in total. The monoisotopic (exact) mass is 623 g/mol. The van der Waals surface area contributed by atoms with Gasteiger partial charge in [0.15, 0.2) is 6.10 Å². The third kappa shape index (κ3) is 17.4. The van der Waals surface area contributed by atoms with E-state index in [1.807, 2.05) is 26.0 Å². The number of aliphatic hydroxyl groups is 3. The number of allylic oxidation sites excluding steroid dienone is 3. The number of methoxy groups -OCH3 is 1. The number of carbonyl (C=O) groups excluding carboxylic acids is 3. The van der Waals surface area contributed by atoms with Gasteiger partial charge in [-0.3, -0.25) is 14.4 Å². The summed E-state index contributed by atoms with van der Waals surface area (Å²) in [4.78, 5) is 38.1. The number of carbonyl (C=O) groups is 3. The molecule has 9 heteroatoms. The molecule has 1 rings (SSSR count). The molecule has 254 valence electrons. The molecule has 0 saturated carbocycles. The average Bonchev–Trinajstić information content (AvgIpc) is 2.98. The molecule has 7 atom stereocenters. The third-order valence-electron chi connectivity index (χ3n) is 8.49. The molecular weight excluding hydrogens is 562 g/mol. The van der Waals surface area contributed by atoms with Crippen molar-refractivity contribution in [2.75, 3.05) is 20.3 Å². The summed E-state index contributed by atoms with van der Waals surface area (Å²) in [6, 6.07) is 0. The molecule has 0 saturated heterocycles. The van der Waals surface area contributed by atoms with Crippen LogP contribution in [0.25, 0.3) is 0 Å². The predicted octanol–water partition coefficient (Wildman–Crippen LogP) is 5.20. The minimum Gasteiger partial charge on any atom is -0.452 e. The molecule has 0 aromatic heterocycles. The van der Waals surface area contributed by atoms with Crippen LogP contribution in [-0.2, 0) is 23.9 Å². The van der Waals surface area contributed by atoms with Gasteiger partial charge in [-0.1, -0.05) is 65.2 Å². The number of hydrogen-bond donors (Lipinski definition) is 4. The van der Waals surface area contributed by atoms with E-state index < -0.39 is 36.3 Å². The summed E-state index contributed by atoms with van der Waals surface area (Å²) < 4.78 is 10.9. The molecule has 0 spiro atoms. The lowest BCUT2D eigenvalue weighted by atomic mass is 9.92. The van der Waals surface area contributed by atoms with Gasteiger partial charge in [-0.2, -0.15) is 0 Å². The van der Waals surface area contributed by atoms with Crippen molar-refractivity contribution in [3.8, 4) is 0 Å². The van der Waals surface area contributed by atoms with Gasteiger partial charge in [0.25, 0.3) is 5.91 Å². The second-order valence-electron chi connectivity index (χ2n) is 12.8. The van der Waals surface area contributed by atoms with E-state index >= 15 is 0 Å². The molecule has 1 amide bonds. The Balaban J connectivity index is 2.96. The molecule has 0 aliphatic carbocycles. The van der Waals surface area contributed by atoms with Crippen LogP contribution in [-0.4, -0.2) is 77.7 Å². The molecule has 1 aliphatic rings. The fourth-order valence-electron chi connectivity index (χ4n) is 5.63. The Morgan fingerprint density at radius 1 is 0.932 bits per heavy atom. The maximum Gasteiger partial charge on any atom is 0.309 e. The van der Waals surface area contributed by atoms with Gasteiger partial charge in [0.2, 0.25) is 0 Å². The molecule has 0 radical (unpaired) electrons. The summed E-state index contributed by atoms with van der Waals surface area (Å²) in [5.74, 6) is -0.318. The first kappa shape index (κ1) is 40.0. The Kier molecular flexibility index (Phi) is 21.2. The third-order valence-corrected chi connectivity index (χ3v) is 8.49. The molecule has 1 aliphatic heterocycles. The summed E-state index contributed by atoms with van der Waals surface area (Å²) in [5.41, 5.74) is 0.973. The highest BCUT2D eigenvalue weighted by molar-refractivity contribution is 5.84. The van der Waals surface area contributed by atoms with E-state index in [0.717, 1.165) is 44.1 Å². The first-order valence-corrected chi connectivity index (χ1v) is 16.9. The van der Waals surface area contributed by atoms with Crippen LogP contribution in [0.2, 0.25) is 0 Å². The van der Waals surface area contributed by atoms with E-state index in [1.165, 1.54) is 0 Å². The number of Topliss-reactive ketones (excluding diaryl/α,β-unsaturated/α-hetero) is 1. The summed E-state index contributed by atoms with van der Waals surface area (Å²) in [6.45, 7) is 8.21. The van der Waals surface area contributed by atoms with Crippen LogP contribution in [0.3, 0.4) is 0 Å². The highest BCUT2D eigenvalue weighted by Gasteiger charge is 2.27. The molecule has 9 nitrogen and oxygen atoms in total. The summed E-state index contributed by atoms with van der Waals surface area (Å²) in [5, 5.41) is 34.1. The van der Waals surface area contributed by atoms with E-state index in [-0.39, 0.29) is 31.2 Å². The summed E-state index contributed by atoms with van der Waals surface area (Å²) in [7, 11) is 1.61. The highest BCUT2D eigenvalue weighted by Crippen LogP contribution is 2.22. The number of nitrogens with one attached hydrogen (secondary N) is 1. The number of ether oxygens (including phenoxy) is 2. The van der Waals surface area contributed by atoms with Gasteiger partial charge in [0, 0.05) is 32.9 Å². The minimum atomic E-state index is -1.17. The van der Waals surface area contributed by atoms with Crippen LogP contribution >= 0.6 is 0 Å². The molecule has 0 bridgehead atoms. The SMILES string of the molecule is CCC[C@@H]1OC(=O)[C@@H](C)C[C@@H](C)CCCCC(=O)CCC[C@@H](CC)/C=C/C=C(\COC)CC[C@@H](O)[C@@H](O)C[C@H](O)CNC1=O. The number of amides is 1. The molecule has 44 heavy (non-hydrogen) atoms. The zero-order valence-corrected chi connectivity index (χ0v) is 28.0. The number of β-amino-alcohol motifs (C(OH)–C–C–N with tert-alkyl or cyclic N) is 1. The maximum atomic E-state index is 12.8. The fourth-order valence-corrected chi connectivity index (χ4v) is 5.63. The lowest BCUT2D eigenvalue weighted by molar-refractivity contribution is -0.160. The Bertz CT molecular complexity index is 888. The zero-order chi connectivity index (χ0) is 32.9. The second kappa shape index (κ2) is 23.3. The predicted molar refractivity (Wildman–Crippen MR) is 173 cm³/mol. The van der Waals surface area contributed by atoms with Crippen molar-refractivity contribution in [3.63, 3.8) is 0 Å². The van der Waals surface area contributed by atoms with Crippen LogP contribution in [0.1, 0.15) is 118 Å². The number of esters is 1. The quantitative estimate of drug-likeness (QED) is 0.306. The van der Waals surface area contributed by atoms with Crippen LogP contribution in [0, 0.1) is 17.8 Å². The normalized spacial score (nSPS) is 32.8. The van der Waals surface area contributed by atoms with Gasteiger partial charge in [-0.25, -0.2) is 0 Å². The first-order chi connectivity index (χ1) is 21.0. The summed E-state index contributed by atoms with van der Waals surface area (Å²) >= 11 is 0. The van der Waals surface area contributed by atoms with Crippen molar-refractivity contribution in [3.05, 3.63) is 23.8 Å². The van der Waals surface area contributed by atoms with E-state index in [4.69, 9.17) is 9.47 Å². The Morgan fingerprint density at radius 2 is 1.66 bits per heavy atom. The molecule has 1 heterocycles. The molecule has 0 aromatic rings. The number of rotatable bonds is 5. The second-order valence-corrected chi connectivity index (χ2v) is 12.8. The van der Waals surface area contributed by atoms with E-state index in [2.05, 4.69) is 25.2 Å². The van der Waals surface area contributed by atoms with Crippen molar-refractivity contribution in [1.82, 2.24) is 5.32 Å². The standard InChI is InChI=1S/C35H61NO8/c1-6-12-33-34(41)36-23-30(38)22-32(40)31(39)20-19-28(24-43-5)16-10-14-27(7-2)15-11-18-29(37)17-9-8-13-25(3)21-26(4)35(42)44-33/h10,14,16,25-27,30-33,38-40H,6-9,11-13,15,17-24H2,1-5H3,(H,36,41)/b14-10+,28-16-/t25-,26-,27-,30-,31+,32-,33-/m0/s1. The molecule has 0 fully saturated rings. The number of aliphatic hydroxyl groups excluding tert-OH is 3. The van der Waals surface area contributed by atoms with Gasteiger partial charge in [-0.05, 0) is 68.8 Å². The van der Waals surface area contributed by atoms with E-state index in [1.54, 1.807) is 7.11 Å². The molecule has 0 unspecified atom stereocenters.